The van der Waals surface area contributed by atoms with Gasteiger partial charge in [0.15, 0.2) is 0 Å². The quantitative estimate of drug-likeness (QED) is 0.897. The fraction of sp³-hybridized carbons (Fsp3) is 0.357. The summed E-state index contributed by atoms with van der Waals surface area (Å²) in [4.78, 5) is 3.95. The van der Waals surface area contributed by atoms with Gasteiger partial charge in [0, 0.05) is 18.4 Å². The summed E-state index contributed by atoms with van der Waals surface area (Å²) in [5.41, 5.74) is 2.34. The topological polar surface area (TPSA) is 29.9 Å². The van der Waals surface area contributed by atoms with Crippen LogP contribution in [0.4, 0.5) is 8.78 Å². The van der Waals surface area contributed by atoms with E-state index in [9.17, 15) is 8.78 Å². The number of hydrogen-bond acceptors (Lipinski definition) is 2. The SMILES string of the molecule is Cc1ccccc1[C@H](C)NCc1nccn1C(F)F. The van der Waals surface area contributed by atoms with E-state index in [4.69, 9.17) is 0 Å². The molecule has 1 aromatic heterocycles. The van der Waals surface area contributed by atoms with Crippen molar-refractivity contribution < 1.29 is 8.78 Å². The molecule has 0 saturated heterocycles. The first-order valence-electron chi connectivity index (χ1n) is 6.18. The van der Waals surface area contributed by atoms with Crippen LogP contribution in [0.15, 0.2) is 36.7 Å². The fourth-order valence-electron chi connectivity index (χ4n) is 2.09. The van der Waals surface area contributed by atoms with Crippen LogP contribution in [0, 0.1) is 6.92 Å². The summed E-state index contributed by atoms with van der Waals surface area (Å²) >= 11 is 0. The molecule has 5 heteroatoms. The van der Waals surface area contributed by atoms with Crippen LogP contribution in [0.1, 0.15) is 36.5 Å². The van der Waals surface area contributed by atoms with Crippen LogP contribution < -0.4 is 5.32 Å². The predicted molar refractivity (Wildman–Crippen MR) is 69.9 cm³/mol. The zero-order valence-corrected chi connectivity index (χ0v) is 11.0. The average molecular weight is 265 g/mol. The smallest absolute Gasteiger partial charge is 0.303 e. The van der Waals surface area contributed by atoms with Gasteiger partial charge >= 0.3 is 6.55 Å². The molecule has 0 amide bonds. The highest BCUT2D eigenvalue weighted by molar-refractivity contribution is 5.28. The Kier molecular flexibility index (Phi) is 4.27. The minimum absolute atomic E-state index is 0.0871. The lowest BCUT2D eigenvalue weighted by Gasteiger charge is -2.16. The molecular formula is C14H17F2N3. The first-order valence-corrected chi connectivity index (χ1v) is 6.18. The Morgan fingerprint density at radius 3 is 2.74 bits per heavy atom. The molecule has 3 nitrogen and oxygen atoms in total. The molecule has 1 atom stereocenters. The van der Waals surface area contributed by atoms with Crippen molar-refractivity contribution in [1.82, 2.24) is 14.9 Å². The second kappa shape index (κ2) is 5.93. The number of nitrogens with one attached hydrogen (secondary N) is 1. The molecule has 0 saturated carbocycles. The predicted octanol–water partition coefficient (Wildman–Crippen LogP) is 3.44. The molecule has 1 N–H and O–H groups in total. The minimum atomic E-state index is -2.55. The Bertz CT molecular complexity index is 537. The summed E-state index contributed by atoms with van der Waals surface area (Å²) in [6.45, 7) is 1.81. The summed E-state index contributed by atoms with van der Waals surface area (Å²) in [5.74, 6) is 0.343. The maximum atomic E-state index is 12.7. The number of nitrogens with zero attached hydrogens (tertiary/aromatic N) is 2. The van der Waals surface area contributed by atoms with E-state index >= 15 is 0 Å². The highest BCUT2D eigenvalue weighted by Crippen LogP contribution is 2.18. The normalized spacial score (nSPS) is 12.9. The van der Waals surface area contributed by atoms with E-state index in [1.165, 1.54) is 18.0 Å². The molecule has 0 bridgehead atoms. The molecule has 0 aliphatic heterocycles. The Morgan fingerprint density at radius 2 is 2.05 bits per heavy atom. The van der Waals surface area contributed by atoms with E-state index in [1.807, 2.05) is 38.1 Å². The highest BCUT2D eigenvalue weighted by atomic mass is 19.3. The third-order valence-electron chi connectivity index (χ3n) is 3.18. The molecule has 0 aliphatic carbocycles. The van der Waals surface area contributed by atoms with Crippen LogP contribution in [0.2, 0.25) is 0 Å². The lowest BCUT2D eigenvalue weighted by Crippen LogP contribution is -2.21. The number of alkyl halides is 2. The van der Waals surface area contributed by atoms with Crippen molar-refractivity contribution in [2.24, 2.45) is 0 Å². The molecule has 0 fully saturated rings. The lowest BCUT2D eigenvalue weighted by molar-refractivity contribution is 0.0665. The summed E-state index contributed by atoms with van der Waals surface area (Å²) in [6, 6.07) is 8.11. The summed E-state index contributed by atoms with van der Waals surface area (Å²) in [6.07, 6.45) is 2.68. The van der Waals surface area contributed by atoms with Crippen LogP contribution in [0.3, 0.4) is 0 Å². The zero-order chi connectivity index (χ0) is 13.8. The molecule has 1 heterocycles. The number of hydrogen-bond donors (Lipinski definition) is 1. The van der Waals surface area contributed by atoms with Gasteiger partial charge in [-0.3, -0.25) is 4.57 Å². The number of halogens is 2. The van der Waals surface area contributed by atoms with Crippen molar-refractivity contribution >= 4 is 0 Å². The summed E-state index contributed by atoms with van der Waals surface area (Å²) in [7, 11) is 0. The van der Waals surface area contributed by atoms with Crippen molar-refractivity contribution in [3.8, 4) is 0 Å². The number of benzene rings is 1. The van der Waals surface area contributed by atoms with Crippen molar-refractivity contribution in [3.63, 3.8) is 0 Å². The van der Waals surface area contributed by atoms with Crippen LogP contribution in [-0.2, 0) is 6.54 Å². The zero-order valence-electron chi connectivity index (χ0n) is 11.0. The summed E-state index contributed by atoms with van der Waals surface area (Å²) < 4.78 is 26.2. The van der Waals surface area contributed by atoms with E-state index in [0.29, 0.717) is 12.4 Å². The molecule has 0 unspecified atom stereocenters. The average Bonchev–Trinajstić information content (AvgIpc) is 2.85. The number of aromatic nitrogens is 2. The third-order valence-corrected chi connectivity index (χ3v) is 3.18. The van der Waals surface area contributed by atoms with E-state index in [2.05, 4.69) is 10.3 Å². The Balaban J connectivity index is 2.03. The molecule has 2 rings (SSSR count). The van der Waals surface area contributed by atoms with Crippen molar-refractivity contribution in [3.05, 3.63) is 53.6 Å². The molecule has 0 radical (unpaired) electrons. The standard InChI is InChI=1S/C14H17F2N3/c1-10-5-3-4-6-12(10)11(2)18-9-13-17-7-8-19(13)14(15)16/h3-8,11,14,18H,9H2,1-2H3/t11-/m0/s1. The molecule has 0 spiro atoms. The second-order valence-corrected chi connectivity index (χ2v) is 4.49. The van der Waals surface area contributed by atoms with Gasteiger partial charge in [-0.15, -0.1) is 0 Å². The van der Waals surface area contributed by atoms with Gasteiger partial charge in [-0.05, 0) is 25.0 Å². The number of aryl methyl sites for hydroxylation is 1. The molecular weight excluding hydrogens is 248 g/mol. The van der Waals surface area contributed by atoms with Crippen LogP contribution in [-0.4, -0.2) is 9.55 Å². The van der Waals surface area contributed by atoms with Gasteiger partial charge in [0.25, 0.3) is 0 Å². The maximum Gasteiger partial charge on any atom is 0.319 e. The molecule has 1 aromatic carbocycles. The van der Waals surface area contributed by atoms with Crippen molar-refractivity contribution in [2.45, 2.75) is 33.0 Å². The monoisotopic (exact) mass is 265 g/mol. The molecule has 2 aromatic rings. The first kappa shape index (κ1) is 13.7. The largest absolute Gasteiger partial charge is 0.319 e. The Labute approximate surface area is 111 Å². The highest BCUT2D eigenvalue weighted by Gasteiger charge is 2.13. The minimum Gasteiger partial charge on any atom is -0.303 e. The van der Waals surface area contributed by atoms with E-state index < -0.39 is 6.55 Å². The van der Waals surface area contributed by atoms with E-state index in [0.717, 1.165) is 10.1 Å². The van der Waals surface area contributed by atoms with Crippen molar-refractivity contribution in [1.29, 1.82) is 0 Å². The van der Waals surface area contributed by atoms with Crippen LogP contribution >= 0.6 is 0 Å². The van der Waals surface area contributed by atoms with Crippen LogP contribution in [0.25, 0.3) is 0 Å². The van der Waals surface area contributed by atoms with Crippen molar-refractivity contribution in [2.75, 3.05) is 0 Å². The summed E-state index contributed by atoms with van der Waals surface area (Å²) in [5, 5.41) is 3.22. The number of rotatable bonds is 5. The first-order chi connectivity index (χ1) is 9.09. The van der Waals surface area contributed by atoms with Gasteiger partial charge in [-0.2, -0.15) is 8.78 Å². The maximum absolute atomic E-state index is 12.7. The molecule has 19 heavy (non-hydrogen) atoms. The van der Waals surface area contributed by atoms with E-state index in [1.54, 1.807) is 0 Å². The van der Waals surface area contributed by atoms with Gasteiger partial charge in [0.2, 0.25) is 0 Å². The Hall–Kier alpha value is -1.75. The second-order valence-electron chi connectivity index (χ2n) is 4.49. The lowest BCUT2D eigenvalue weighted by atomic mass is 10.0. The van der Waals surface area contributed by atoms with Gasteiger partial charge in [0.1, 0.15) is 5.82 Å². The van der Waals surface area contributed by atoms with Gasteiger partial charge in [0.05, 0.1) is 6.54 Å². The number of imidazole rings is 1. The third kappa shape index (κ3) is 3.17. The molecule has 102 valence electrons. The fourth-order valence-corrected chi connectivity index (χ4v) is 2.09. The van der Waals surface area contributed by atoms with Gasteiger partial charge in [-0.25, -0.2) is 4.98 Å². The molecule has 0 aliphatic rings. The van der Waals surface area contributed by atoms with Gasteiger partial charge < -0.3 is 5.32 Å². The van der Waals surface area contributed by atoms with E-state index in [-0.39, 0.29) is 6.04 Å². The Morgan fingerprint density at radius 1 is 1.32 bits per heavy atom. The van der Waals surface area contributed by atoms with Crippen LogP contribution in [0.5, 0.6) is 0 Å². The van der Waals surface area contributed by atoms with Gasteiger partial charge in [-0.1, -0.05) is 24.3 Å².